The van der Waals surface area contributed by atoms with Crippen molar-refractivity contribution in [3.05, 3.63) is 12.7 Å². The number of carbonyl (C=O) groups excluding carboxylic acids is 2. The summed E-state index contributed by atoms with van der Waals surface area (Å²) in [5.74, 6) is -0.453. The number of methoxy groups -OCH3 is 1. The molecule has 8 heteroatoms. The summed E-state index contributed by atoms with van der Waals surface area (Å²) in [6.07, 6.45) is -0.474. The van der Waals surface area contributed by atoms with Gasteiger partial charge in [-0.15, -0.1) is 0 Å². The lowest BCUT2D eigenvalue weighted by molar-refractivity contribution is -0.241. The monoisotopic (exact) mass is 302 g/mol. The summed E-state index contributed by atoms with van der Waals surface area (Å²) in [6.45, 7) is 5.09. The SMILES string of the molecule is C=CCOC(=O)NCC1C[C@H](N)C(OC(C)=O)[C@@H](OC)O1. The van der Waals surface area contributed by atoms with Crippen LogP contribution in [0.25, 0.3) is 0 Å². The molecule has 1 fully saturated rings. The smallest absolute Gasteiger partial charge is 0.407 e. The van der Waals surface area contributed by atoms with E-state index in [2.05, 4.69) is 11.9 Å². The molecule has 1 aliphatic heterocycles. The Morgan fingerprint density at radius 2 is 2.24 bits per heavy atom. The van der Waals surface area contributed by atoms with E-state index in [1.807, 2.05) is 0 Å². The fourth-order valence-electron chi connectivity index (χ4n) is 2.00. The maximum Gasteiger partial charge on any atom is 0.407 e. The van der Waals surface area contributed by atoms with Crippen molar-refractivity contribution in [1.82, 2.24) is 5.32 Å². The van der Waals surface area contributed by atoms with E-state index < -0.39 is 30.5 Å². The van der Waals surface area contributed by atoms with Gasteiger partial charge >= 0.3 is 12.1 Å². The average molecular weight is 302 g/mol. The number of amides is 1. The molecule has 3 N–H and O–H groups in total. The van der Waals surface area contributed by atoms with Crippen LogP contribution in [-0.4, -0.2) is 56.9 Å². The standard InChI is InChI=1S/C13H22N2O6/c1-4-5-19-13(17)15-7-9-6-10(14)11(20-8(2)16)12(18-3)21-9/h4,9-12H,1,5-7,14H2,2-3H3,(H,15,17)/t9?,10-,11?,12-/m0/s1. The predicted molar refractivity (Wildman–Crippen MR) is 73.4 cm³/mol. The molecule has 0 bridgehead atoms. The van der Waals surface area contributed by atoms with Crippen LogP contribution in [0.1, 0.15) is 13.3 Å². The van der Waals surface area contributed by atoms with Crippen LogP contribution in [0.5, 0.6) is 0 Å². The molecule has 1 rings (SSSR count). The molecule has 4 atom stereocenters. The number of esters is 1. The van der Waals surface area contributed by atoms with E-state index in [-0.39, 0.29) is 19.3 Å². The van der Waals surface area contributed by atoms with Gasteiger partial charge in [-0.2, -0.15) is 0 Å². The normalized spacial score (nSPS) is 28.5. The van der Waals surface area contributed by atoms with Gasteiger partial charge in [-0.25, -0.2) is 4.79 Å². The van der Waals surface area contributed by atoms with E-state index in [1.54, 1.807) is 0 Å². The number of ether oxygens (including phenoxy) is 4. The number of nitrogens with two attached hydrogens (primary N) is 1. The Morgan fingerprint density at radius 3 is 2.81 bits per heavy atom. The predicted octanol–water partition coefficient (Wildman–Crippen LogP) is -0.0810. The van der Waals surface area contributed by atoms with Gasteiger partial charge in [0, 0.05) is 26.6 Å². The van der Waals surface area contributed by atoms with E-state index in [1.165, 1.54) is 20.1 Å². The zero-order chi connectivity index (χ0) is 15.8. The van der Waals surface area contributed by atoms with Crippen LogP contribution in [0.4, 0.5) is 4.79 Å². The third kappa shape index (κ3) is 5.70. The van der Waals surface area contributed by atoms with Crippen LogP contribution in [0.3, 0.4) is 0 Å². The lowest BCUT2D eigenvalue weighted by Gasteiger charge is -2.38. The van der Waals surface area contributed by atoms with Crippen LogP contribution in [0, 0.1) is 0 Å². The van der Waals surface area contributed by atoms with Gasteiger partial charge in [-0.3, -0.25) is 4.79 Å². The van der Waals surface area contributed by atoms with Crippen molar-refractivity contribution in [2.24, 2.45) is 5.73 Å². The molecule has 21 heavy (non-hydrogen) atoms. The molecule has 0 saturated carbocycles. The Balaban J connectivity index is 2.47. The van der Waals surface area contributed by atoms with Gasteiger partial charge < -0.3 is 30.0 Å². The van der Waals surface area contributed by atoms with Crippen molar-refractivity contribution in [2.75, 3.05) is 20.3 Å². The van der Waals surface area contributed by atoms with Crippen LogP contribution in [0.2, 0.25) is 0 Å². The summed E-state index contributed by atoms with van der Waals surface area (Å²) in [5, 5.41) is 2.56. The van der Waals surface area contributed by atoms with Crippen LogP contribution in [0.15, 0.2) is 12.7 Å². The maximum absolute atomic E-state index is 11.3. The number of hydrogen-bond donors (Lipinski definition) is 2. The minimum absolute atomic E-state index is 0.131. The first-order chi connectivity index (χ1) is 9.97. The van der Waals surface area contributed by atoms with Gasteiger partial charge in [0.1, 0.15) is 6.61 Å². The van der Waals surface area contributed by atoms with Gasteiger partial charge in [-0.1, -0.05) is 12.7 Å². The van der Waals surface area contributed by atoms with Crippen molar-refractivity contribution >= 4 is 12.1 Å². The molecular formula is C13H22N2O6. The fraction of sp³-hybridized carbons (Fsp3) is 0.692. The number of hydrogen-bond acceptors (Lipinski definition) is 7. The van der Waals surface area contributed by atoms with Crippen molar-refractivity contribution in [1.29, 1.82) is 0 Å². The van der Waals surface area contributed by atoms with Gasteiger partial charge in [0.05, 0.1) is 6.10 Å². The van der Waals surface area contributed by atoms with E-state index in [0.717, 1.165) is 0 Å². The molecule has 1 saturated heterocycles. The summed E-state index contributed by atoms with van der Waals surface area (Å²) < 4.78 is 20.6. The summed E-state index contributed by atoms with van der Waals surface area (Å²) in [4.78, 5) is 22.4. The molecule has 1 amide bonds. The first-order valence-corrected chi connectivity index (χ1v) is 6.60. The van der Waals surface area contributed by atoms with Crippen LogP contribution >= 0.6 is 0 Å². The molecule has 0 aromatic rings. The first-order valence-electron chi connectivity index (χ1n) is 6.60. The lowest BCUT2D eigenvalue weighted by atomic mass is 10.00. The molecule has 0 aromatic heterocycles. The van der Waals surface area contributed by atoms with Gasteiger partial charge in [0.25, 0.3) is 0 Å². The zero-order valence-corrected chi connectivity index (χ0v) is 12.2. The van der Waals surface area contributed by atoms with E-state index in [0.29, 0.717) is 6.42 Å². The molecule has 0 aromatic carbocycles. The molecule has 0 radical (unpaired) electrons. The highest BCUT2D eigenvalue weighted by atomic mass is 16.7. The second kappa shape index (κ2) is 8.60. The highest BCUT2D eigenvalue weighted by molar-refractivity contribution is 5.67. The largest absolute Gasteiger partial charge is 0.455 e. The number of carbonyl (C=O) groups is 2. The second-order valence-corrected chi connectivity index (χ2v) is 4.60. The van der Waals surface area contributed by atoms with Crippen molar-refractivity contribution in [3.8, 4) is 0 Å². The molecule has 0 aliphatic carbocycles. The Labute approximate surface area is 123 Å². The molecule has 2 unspecified atom stereocenters. The third-order valence-electron chi connectivity index (χ3n) is 2.89. The number of nitrogens with one attached hydrogen (secondary N) is 1. The topological polar surface area (TPSA) is 109 Å². The lowest BCUT2D eigenvalue weighted by Crippen LogP contribution is -2.56. The first kappa shape index (κ1) is 17.4. The summed E-state index contributed by atoms with van der Waals surface area (Å²) in [5.41, 5.74) is 5.98. The second-order valence-electron chi connectivity index (χ2n) is 4.60. The van der Waals surface area contributed by atoms with Crippen molar-refractivity contribution in [2.45, 2.75) is 37.9 Å². The zero-order valence-electron chi connectivity index (χ0n) is 12.2. The third-order valence-corrected chi connectivity index (χ3v) is 2.89. The molecular weight excluding hydrogens is 280 g/mol. The fourth-order valence-corrected chi connectivity index (χ4v) is 2.00. The number of alkyl carbamates (subject to hydrolysis) is 1. The molecule has 1 heterocycles. The van der Waals surface area contributed by atoms with Crippen molar-refractivity contribution in [3.63, 3.8) is 0 Å². The summed E-state index contributed by atoms with van der Waals surface area (Å²) in [7, 11) is 1.43. The van der Waals surface area contributed by atoms with Crippen LogP contribution in [-0.2, 0) is 23.7 Å². The maximum atomic E-state index is 11.3. The highest BCUT2D eigenvalue weighted by Crippen LogP contribution is 2.22. The minimum atomic E-state index is -0.770. The Bertz CT molecular complexity index is 376. The minimum Gasteiger partial charge on any atom is -0.455 e. The Morgan fingerprint density at radius 1 is 1.52 bits per heavy atom. The van der Waals surface area contributed by atoms with Crippen molar-refractivity contribution < 1.29 is 28.5 Å². The molecule has 1 aliphatic rings. The molecule has 0 spiro atoms. The average Bonchev–Trinajstić information content (AvgIpc) is 2.44. The number of rotatable bonds is 6. The quantitative estimate of drug-likeness (QED) is 0.521. The van der Waals surface area contributed by atoms with E-state index in [4.69, 9.17) is 24.7 Å². The van der Waals surface area contributed by atoms with E-state index >= 15 is 0 Å². The highest BCUT2D eigenvalue weighted by Gasteiger charge is 2.39. The summed E-state index contributed by atoms with van der Waals surface area (Å²) in [6, 6.07) is -0.441. The van der Waals surface area contributed by atoms with Gasteiger partial charge in [-0.05, 0) is 6.42 Å². The summed E-state index contributed by atoms with van der Waals surface area (Å²) >= 11 is 0. The van der Waals surface area contributed by atoms with Gasteiger partial charge in [0.15, 0.2) is 12.4 Å². The Hall–Kier alpha value is -1.64. The Kier molecular flexibility index (Phi) is 7.13. The molecule has 120 valence electrons. The van der Waals surface area contributed by atoms with Gasteiger partial charge in [0.2, 0.25) is 0 Å². The van der Waals surface area contributed by atoms with Crippen LogP contribution < -0.4 is 11.1 Å². The molecule has 8 nitrogen and oxygen atoms in total. The van der Waals surface area contributed by atoms with E-state index in [9.17, 15) is 9.59 Å².